The number of aromatic nitrogens is 1. The van der Waals surface area contributed by atoms with E-state index < -0.39 is 5.97 Å². The van der Waals surface area contributed by atoms with Crippen LogP contribution in [-0.4, -0.2) is 40.0 Å². The second-order valence-electron chi connectivity index (χ2n) is 5.18. The van der Waals surface area contributed by atoms with E-state index in [1.54, 1.807) is 17.2 Å². The van der Waals surface area contributed by atoms with E-state index >= 15 is 0 Å². The number of aliphatic carboxylic acids is 1. The van der Waals surface area contributed by atoms with Gasteiger partial charge in [-0.2, -0.15) is 0 Å². The van der Waals surface area contributed by atoms with Crippen molar-refractivity contribution >= 4 is 39.4 Å². The van der Waals surface area contributed by atoms with Crippen LogP contribution < -0.4 is 0 Å². The molecule has 1 fully saturated rings. The predicted octanol–water partition coefficient (Wildman–Crippen LogP) is 3.21. The number of carboxylic acids is 1. The summed E-state index contributed by atoms with van der Waals surface area (Å²) in [7, 11) is 0. The highest BCUT2D eigenvalue weighted by Gasteiger charge is 2.26. The SMILES string of the molecule is O=C(O)CCC1CCCN(C(=O)c2cc(Br)cnc2Cl)C1. The number of halogens is 2. The first-order valence-electron chi connectivity index (χ1n) is 6.79. The molecular formula is C14H16BrClN2O3. The van der Waals surface area contributed by atoms with Crippen LogP contribution in [0.2, 0.25) is 5.15 Å². The molecule has 0 aromatic carbocycles. The summed E-state index contributed by atoms with van der Waals surface area (Å²) in [6.07, 6.45) is 4.14. The average molecular weight is 376 g/mol. The van der Waals surface area contributed by atoms with Crippen molar-refractivity contribution in [2.75, 3.05) is 13.1 Å². The second-order valence-corrected chi connectivity index (χ2v) is 6.46. The quantitative estimate of drug-likeness (QED) is 0.820. The van der Waals surface area contributed by atoms with Crippen LogP contribution in [0.1, 0.15) is 36.0 Å². The van der Waals surface area contributed by atoms with E-state index in [9.17, 15) is 9.59 Å². The zero-order chi connectivity index (χ0) is 15.4. The molecule has 21 heavy (non-hydrogen) atoms. The minimum Gasteiger partial charge on any atom is -0.481 e. The molecule has 1 N–H and O–H groups in total. The molecule has 0 saturated carbocycles. The van der Waals surface area contributed by atoms with E-state index in [1.807, 2.05) is 0 Å². The van der Waals surface area contributed by atoms with Gasteiger partial charge in [-0.1, -0.05) is 11.6 Å². The number of carboxylic acid groups (broad SMARTS) is 1. The summed E-state index contributed by atoms with van der Waals surface area (Å²) in [5.41, 5.74) is 0.380. The molecule has 114 valence electrons. The van der Waals surface area contributed by atoms with Crippen LogP contribution in [0.3, 0.4) is 0 Å². The lowest BCUT2D eigenvalue weighted by Gasteiger charge is -2.32. The first-order valence-corrected chi connectivity index (χ1v) is 7.96. The van der Waals surface area contributed by atoms with Gasteiger partial charge in [-0.15, -0.1) is 0 Å². The number of hydrogen-bond donors (Lipinski definition) is 1. The number of hydrogen-bond acceptors (Lipinski definition) is 3. The van der Waals surface area contributed by atoms with Crippen LogP contribution in [0.25, 0.3) is 0 Å². The molecule has 1 unspecified atom stereocenters. The van der Waals surface area contributed by atoms with Gasteiger partial charge in [0.2, 0.25) is 0 Å². The lowest BCUT2D eigenvalue weighted by Crippen LogP contribution is -2.40. The molecule has 2 heterocycles. The van der Waals surface area contributed by atoms with Gasteiger partial charge in [-0.3, -0.25) is 9.59 Å². The smallest absolute Gasteiger partial charge is 0.303 e. The maximum absolute atomic E-state index is 12.5. The van der Waals surface area contributed by atoms with Crippen molar-refractivity contribution in [3.8, 4) is 0 Å². The van der Waals surface area contributed by atoms with Crippen molar-refractivity contribution in [2.45, 2.75) is 25.7 Å². The molecule has 0 bridgehead atoms. The Morgan fingerprint density at radius 1 is 1.52 bits per heavy atom. The molecule has 1 aromatic rings. The molecule has 0 radical (unpaired) electrons. The predicted molar refractivity (Wildman–Crippen MR) is 82.4 cm³/mol. The van der Waals surface area contributed by atoms with Crippen molar-refractivity contribution in [1.29, 1.82) is 0 Å². The Morgan fingerprint density at radius 2 is 2.29 bits per heavy atom. The fraction of sp³-hybridized carbons (Fsp3) is 0.500. The zero-order valence-electron chi connectivity index (χ0n) is 11.4. The number of nitrogens with zero attached hydrogens (tertiary/aromatic N) is 2. The van der Waals surface area contributed by atoms with Gasteiger partial charge >= 0.3 is 5.97 Å². The monoisotopic (exact) mass is 374 g/mol. The molecule has 1 aliphatic rings. The number of rotatable bonds is 4. The summed E-state index contributed by atoms with van der Waals surface area (Å²) >= 11 is 9.28. The van der Waals surface area contributed by atoms with Crippen LogP contribution in [-0.2, 0) is 4.79 Å². The fourth-order valence-electron chi connectivity index (χ4n) is 2.56. The summed E-state index contributed by atoms with van der Waals surface area (Å²) in [4.78, 5) is 28.9. The summed E-state index contributed by atoms with van der Waals surface area (Å²) in [5, 5.41) is 8.94. The van der Waals surface area contributed by atoms with Crippen LogP contribution in [0.5, 0.6) is 0 Å². The number of likely N-dealkylation sites (tertiary alicyclic amines) is 1. The largest absolute Gasteiger partial charge is 0.481 e. The summed E-state index contributed by atoms with van der Waals surface area (Å²) < 4.78 is 0.703. The van der Waals surface area contributed by atoms with Gasteiger partial charge in [0.15, 0.2) is 0 Å². The summed E-state index contributed by atoms with van der Waals surface area (Å²) in [6.45, 7) is 1.25. The molecular weight excluding hydrogens is 360 g/mol. The number of piperidine rings is 1. The summed E-state index contributed by atoms with van der Waals surface area (Å²) in [5.74, 6) is -0.704. The summed E-state index contributed by atoms with van der Waals surface area (Å²) in [6, 6.07) is 1.67. The molecule has 2 rings (SSSR count). The van der Waals surface area contributed by atoms with E-state index in [2.05, 4.69) is 20.9 Å². The molecule has 1 atom stereocenters. The Balaban J connectivity index is 2.05. The van der Waals surface area contributed by atoms with Gasteiger partial charge in [0.1, 0.15) is 5.15 Å². The van der Waals surface area contributed by atoms with Gasteiger partial charge in [-0.05, 0) is 47.2 Å². The van der Waals surface area contributed by atoms with E-state index in [4.69, 9.17) is 16.7 Å². The number of carbonyl (C=O) groups is 2. The van der Waals surface area contributed by atoms with Crippen molar-refractivity contribution < 1.29 is 14.7 Å². The maximum atomic E-state index is 12.5. The van der Waals surface area contributed by atoms with E-state index in [1.165, 1.54) is 0 Å². The number of amides is 1. The molecule has 7 heteroatoms. The van der Waals surface area contributed by atoms with Crippen LogP contribution in [0.15, 0.2) is 16.7 Å². The van der Waals surface area contributed by atoms with Gasteiger partial charge in [-0.25, -0.2) is 4.98 Å². The molecule has 1 amide bonds. The third kappa shape index (κ3) is 4.41. The number of carbonyl (C=O) groups excluding carboxylic acids is 1. The molecule has 5 nitrogen and oxygen atoms in total. The standard InChI is InChI=1S/C14H16BrClN2O3/c15-10-6-11(13(16)17-7-10)14(21)18-5-1-2-9(8-18)3-4-12(19)20/h6-7,9H,1-5,8H2,(H,19,20). The fourth-order valence-corrected chi connectivity index (χ4v) is 3.07. The molecule has 0 aliphatic carbocycles. The van der Waals surface area contributed by atoms with Crippen molar-refractivity contribution in [3.63, 3.8) is 0 Å². The highest BCUT2D eigenvalue weighted by Crippen LogP contribution is 2.25. The lowest BCUT2D eigenvalue weighted by atomic mass is 9.93. The molecule has 0 spiro atoms. The topological polar surface area (TPSA) is 70.5 Å². The van der Waals surface area contributed by atoms with Gasteiger partial charge in [0, 0.05) is 30.2 Å². The van der Waals surface area contributed by atoms with Crippen molar-refractivity contribution in [1.82, 2.24) is 9.88 Å². The van der Waals surface area contributed by atoms with Gasteiger partial charge in [0.25, 0.3) is 5.91 Å². The van der Waals surface area contributed by atoms with Crippen LogP contribution in [0, 0.1) is 5.92 Å². The highest BCUT2D eigenvalue weighted by atomic mass is 79.9. The Kier molecular flexibility index (Phi) is 5.58. The normalized spacial score (nSPS) is 18.6. The van der Waals surface area contributed by atoms with E-state index in [0.717, 1.165) is 12.8 Å². The van der Waals surface area contributed by atoms with E-state index in [0.29, 0.717) is 29.5 Å². The first kappa shape index (κ1) is 16.2. The van der Waals surface area contributed by atoms with Crippen LogP contribution in [0.4, 0.5) is 0 Å². The second kappa shape index (κ2) is 7.22. The van der Waals surface area contributed by atoms with Gasteiger partial charge < -0.3 is 10.0 Å². The maximum Gasteiger partial charge on any atom is 0.303 e. The first-order chi connectivity index (χ1) is 9.97. The van der Waals surface area contributed by atoms with Gasteiger partial charge in [0.05, 0.1) is 5.56 Å². The Labute approximate surface area is 136 Å². The Morgan fingerprint density at radius 3 is 3.00 bits per heavy atom. The highest BCUT2D eigenvalue weighted by molar-refractivity contribution is 9.10. The third-order valence-electron chi connectivity index (χ3n) is 3.61. The molecule has 1 aromatic heterocycles. The third-order valence-corrected chi connectivity index (χ3v) is 4.34. The Bertz CT molecular complexity index is 553. The van der Waals surface area contributed by atoms with Crippen molar-refractivity contribution in [2.24, 2.45) is 5.92 Å². The number of pyridine rings is 1. The van der Waals surface area contributed by atoms with E-state index in [-0.39, 0.29) is 23.4 Å². The minimum atomic E-state index is -0.794. The van der Waals surface area contributed by atoms with Crippen molar-refractivity contribution in [3.05, 3.63) is 27.5 Å². The minimum absolute atomic E-state index is 0.145. The molecule has 1 saturated heterocycles. The average Bonchev–Trinajstić information content (AvgIpc) is 2.47. The van der Waals surface area contributed by atoms with Crippen LogP contribution >= 0.6 is 27.5 Å². The molecule has 1 aliphatic heterocycles. The lowest BCUT2D eigenvalue weighted by molar-refractivity contribution is -0.137. The Hall–Kier alpha value is -1.14. The zero-order valence-corrected chi connectivity index (χ0v) is 13.7.